The van der Waals surface area contributed by atoms with Gasteiger partial charge in [0.2, 0.25) is 0 Å². The molecule has 2 fully saturated rings. The third-order valence-corrected chi connectivity index (χ3v) is 5.18. The first-order valence-electron chi connectivity index (χ1n) is 6.54. The number of nitrogens with zero attached hydrogens (tertiary/aromatic N) is 1. The van der Waals surface area contributed by atoms with Crippen LogP contribution in [0.5, 0.6) is 0 Å². The Morgan fingerprint density at radius 2 is 2.28 bits per heavy atom. The fourth-order valence-corrected chi connectivity index (χ4v) is 3.81. The van der Waals surface area contributed by atoms with Crippen LogP contribution in [0.3, 0.4) is 0 Å². The minimum absolute atomic E-state index is 0.179. The minimum atomic E-state index is -0.179. The number of hydrogen-bond acceptors (Lipinski definition) is 2. The molecular formula is C14H18BrFN2. The van der Waals surface area contributed by atoms with E-state index in [-0.39, 0.29) is 5.82 Å². The van der Waals surface area contributed by atoms with Gasteiger partial charge in [-0.3, -0.25) is 4.90 Å². The fourth-order valence-electron chi connectivity index (χ4n) is 3.33. The van der Waals surface area contributed by atoms with E-state index in [0.29, 0.717) is 6.04 Å². The van der Waals surface area contributed by atoms with Gasteiger partial charge in [0.05, 0.1) is 0 Å². The molecule has 2 saturated heterocycles. The summed E-state index contributed by atoms with van der Waals surface area (Å²) in [6.07, 6.45) is 0. The van der Waals surface area contributed by atoms with E-state index in [1.165, 1.54) is 5.56 Å². The highest BCUT2D eigenvalue weighted by Crippen LogP contribution is 2.34. The molecule has 98 valence electrons. The van der Waals surface area contributed by atoms with Crippen LogP contribution < -0.4 is 5.32 Å². The summed E-state index contributed by atoms with van der Waals surface area (Å²) >= 11 is 3.46. The van der Waals surface area contributed by atoms with Gasteiger partial charge in [-0.1, -0.05) is 22.0 Å². The quantitative estimate of drug-likeness (QED) is 0.903. The molecule has 3 unspecified atom stereocenters. The lowest BCUT2D eigenvalue weighted by atomic mass is 9.95. The van der Waals surface area contributed by atoms with E-state index in [1.807, 2.05) is 6.07 Å². The molecule has 2 heterocycles. The summed E-state index contributed by atoms with van der Waals surface area (Å²) in [5.41, 5.74) is 1.18. The van der Waals surface area contributed by atoms with Crippen molar-refractivity contribution in [1.82, 2.24) is 10.2 Å². The Morgan fingerprint density at radius 1 is 1.44 bits per heavy atom. The molecule has 18 heavy (non-hydrogen) atoms. The summed E-state index contributed by atoms with van der Waals surface area (Å²) in [6, 6.07) is 5.60. The van der Waals surface area contributed by atoms with E-state index in [0.717, 1.165) is 42.5 Å². The largest absolute Gasteiger partial charge is 0.316 e. The first-order valence-corrected chi connectivity index (χ1v) is 7.33. The monoisotopic (exact) mass is 312 g/mol. The van der Waals surface area contributed by atoms with E-state index in [4.69, 9.17) is 0 Å². The third-order valence-electron chi connectivity index (χ3n) is 4.45. The molecule has 1 aromatic carbocycles. The molecule has 3 rings (SSSR count). The molecule has 0 amide bonds. The first kappa shape index (κ1) is 12.6. The minimum Gasteiger partial charge on any atom is -0.316 e. The van der Waals surface area contributed by atoms with E-state index in [1.54, 1.807) is 12.1 Å². The number of halogens is 2. The number of rotatable bonds is 2. The van der Waals surface area contributed by atoms with Gasteiger partial charge in [0, 0.05) is 23.6 Å². The van der Waals surface area contributed by atoms with E-state index in [9.17, 15) is 4.39 Å². The van der Waals surface area contributed by atoms with Gasteiger partial charge >= 0.3 is 0 Å². The Bertz CT molecular complexity index is 451. The van der Waals surface area contributed by atoms with Gasteiger partial charge < -0.3 is 5.32 Å². The van der Waals surface area contributed by atoms with Gasteiger partial charge in [0.15, 0.2) is 0 Å². The Hall–Kier alpha value is -0.450. The molecule has 0 spiro atoms. The van der Waals surface area contributed by atoms with Crippen molar-refractivity contribution in [1.29, 1.82) is 0 Å². The van der Waals surface area contributed by atoms with Crippen LogP contribution in [0.25, 0.3) is 0 Å². The van der Waals surface area contributed by atoms with Crippen molar-refractivity contribution >= 4 is 15.9 Å². The highest BCUT2D eigenvalue weighted by atomic mass is 79.9. The van der Waals surface area contributed by atoms with Crippen molar-refractivity contribution in [2.75, 3.05) is 19.6 Å². The van der Waals surface area contributed by atoms with Crippen LogP contribution in [-0.4, -0.2) is 30.6 Å². The van der Waals surface area contributed by atoms with Crippen molar-refractivity contribution in [3.63, 3.8) is 0 Å². The summed E-state index contributed by atoms with van der Waals surface area (Å²) in [5, 5.41) is 3.47. The van der Waals surface area contributed by atoms with Crippen molar-refractivity contribution < 1.29 is 4.39 Å². The zero-order chi connectivity index (χ0) is 12.7. The highest BCUT2D eigenvalue weighted by Gasteiger charge is 2.41. The maximum absolute atomic E-state index is 13.1. The molecule has 3 atom stereocenters. The zero-order valence-corrected chi connectivity index (χ0v) is 12.1. The van der Waals surface area contributed by atoms with Crippen LogP contribution in [0, 0.1) is 17.7 Å². The van der Waals surface area contributed by atoms with Crippen LogP contribution in [0.2, 0.25) is 0 Å². The smallest absolute Gasteiger partial charge is 0.124 e. The SMILES string of the molecule is CC1C2CNCC2CN1Cc1ccc(F)cc1Br. The molecule has 4 heteroatoms. The lowest BCUT2D eigenvalue weighted by Crippen LogP contribution is -2.32. The number of nitrogens with one attached hydrogen (secondary N) is 1. The molecule has 0 aromatic heterocycles. The van der Waals surface area contributed by atoms with Crippen LogP contribution in [0.4, 0.5) is 4.39 Å². The molecule has 1 N–H and O–H groups in total. The highest BCUT2D eigenvalue weighted by molar-refractivity contribution is 9.10. The Morgan fingerprint density at radius 3 is 3.00 bits per heavy atom. The predicted octanol–water partition coefficient (Wildman–Crippen LogP) is 2.63. The van der Waals surface area contributed by atoms with Crippen LogP contribution in [0.15, 0.2) is 22.7 Å². The molecule has 2 aliphatic heterocycles. The van der Waals surface area contributed by atoms with Gasteiger partial charge in [-0.05, 0) is 49.5 Å². The normalized spacial score (nSPS) is 31.8. The van der Waals surface area contributed by atoms with E-state index < -0.39 is 0 Å². The van der Waals surface area contributed by atoms with Crippen molar-refractivity contribution in [3.8, 4) is 0 Å². The number of hydrogen-bond donors (Lipinski definition) is 1. The Balaban J connectivity index is 1.73. The number of fused-ring (bicyclic) bond motifs is 1. The zero-order valence-electron chi connectivity index (χ0n) is 10.5. The standard InChI is InChI=1S/C14H18BrFN2/c1-9-13-6-17-5-11(13)8-18(9)7-10-2-3-12(16)4-14(10)15/h2-4,9,11,13,17H,5-8H2,1H3. The van der Waals surface area contributed by atoms with Gasteiger partial charge in [-0.15, -0.1) is 0 Å². The van der Waals surface area contributed by atoms with Crippen molar-refractivity contribution in [2.45, 2.75) is 19.5 Å². The molecule has 0 aliphatic carbocycles. The molecule has 2 aliphatic rings. The summed E-state index contributed by atoms with van der Waals surface area (Å²) in [5.74, 6) is 1.39. The van der Waals surface area contributed by atoms with Crippen molar-refractivity contribution in [3.05, 3.63) is 34.1 Å². The first-order chi connectivity index (χ1) is 8.65. The third kappa shape index (κ3) is 2.22. The van der Waals surface area contributed by atoms with Gasteiger partial charge in [-0.25, -0.2) is 4.39 Å². The van der Waals surface area contributed by atoms with Crippen LogP contribution in [-0.2, 0) is 6.54 Å². The predicted molar refractivity (Wildman–Crippen MR) is 73.8 cm³/mol. The summed E-state index contributed by atoms with van der Waals surface area (Å²) < 4.78 is 14.0. The molecular weight excluding hydrogens is 295 g/mol. The maximum Gasteiger partial charge on any atom is 0.124 e. The topological polar surface area (TPSA) is 15.3 Å². The maximum atomic E-state index is 13.1. The molecule has 0 bridgehead atoms. The number of benzene rings is 1. The summed E-state index contributed by atoms with van der Waals surface area (Å²) in [7, 11) is 0. The number of likely N-dealkylation sites (tertiary alicyclic amines) is 1. The fraction of sp³-hybridized carbons (Fsp3) is 0.571. The van der Waals surface area contributed by atoms with E-state index in [2.05, 4.69) is 33.1 Å². The van der Waals surface area contributed by atoms with Gasteiger partial charge in [-0.2, -0.15) is 0 Å². The Kier molecular flexibility index (Phi) is 3.43. The van der Waals surface area contributed by atoms with Crippen molar-refractivity contribution in [2.24, 2.45) is 11.8 Å². The second-order valence-corrected chi connectivity index (χ2v) is 6.34. The second-order valence-electron chi connectivity index (χ2n) is 5.49. The van der Waals surface area contributed by atoms with Crippen LogP contribution in [0.1, 0.15) is 12.5 Å². The molecule has 2 nitrogen and oxygen atoms in total. The molecule has 0 radical (unpaired) electrons. The summed E-state index contributed by atoms with van der Waals surface area (Å²) in [4.78, 5) is 2.52. The van der Waals surface area contributed by atoms with Crippen LogP contribution >= 0.6 is 15.9 Å². The lowest BCUT2D eigenvalue weighted by molar-refractivity contribution is 0.231. The average molecular weight is 313 g/mol. The Labute approximate surface area is 116 Å². The lowest BCUT2D eigenvalue weighted by Gasteiger charge is -2.24. The second kappa shape index (κ2) is 4.91. The van der Waals surface area contributed by atoms with Gasteiger partial charge in [0.25, 0.3) is 0 Å². The average Bonchev–Trinajstić information content (AvgIpc) is 2.88. The van der Waals surface area contributed by atoms with E-state index >= 15 is 0 Å². The van der Waals surface area contributed by atoms with Gasteiger partial charge in [0.1, 0.15) is 5.82 Å². The molecule has 1 aromatic rings. The summed E-state index contributed by atoms with van der Waals surface area (Å²) in [6.45, 7) is 6.68. The molecule has 0 saturated carbocycles.